The van der Waals surface area contributed by atoms with Crippen LogP contribution in [-0.4, -0.2) is 10.8 Å². The summed E-state index contributed by atoms with van der Waals surface area (Å²) in [6.45, 7) is 1.82. The van der Waals surface area contributed by atoms with Crippen LogP contribution in [0.2, 0.25) is 0 Å². The van der Waals surface area contributed by atoms with Crippen LogP contribution in [0.25, 0.3) is 0 Å². The molecule has 2 aromatic rings. The maximum Gasteiger partial charge on any atom is 0.196 e. The molecule has 0 unspecified atom stereocenters. The first-order valence-corrected chi connectivity index (χ1v) is 5.79. The van der Waals surface area contributed by atoms with Crippen molar-refractivity contribution in [2.45, 2.75) is 6.92 Å². The van der Waals surface area contributed by atoms with Crippen LogP contribution in [0.5, 0.6) is 0 Å². The molecule has 2 nitrogen and oxygen atoms in total. The summed E-state index contributed by atoms with van der Waals surface area (Å²) in [5.74, 6) is -0.922. The molecular formula is C13H9BrFNO. The van der Waals surface area contributed by atoms with Crippen LogP contribution < -0.4 is 0 Å². The Morgan fingerprint density at radius 2 is 2.06 bits per heavy atom. The number of carbonyl (C=O) groups is 1. The average Bonchev–Trinajstić information content (AvgIpc) is 2.29. The highest BCUT2D eigenvalue weighted by Crippen LogP contribution is 2.19. The smallest absolute Gasteiger partial charge is 0.196 e. The maximum atomic E-state index is 13.4. The summed E-state index contributed by atoms with van der Waals surface area (Å²) < 4.78 is 14.3. The van der Waals surface area contributed by atoms with Crippen LogP contribution >= 0.6 is 15.9 Å². The summed E-state index contributed by atoms with van der Waals surface area (Å²) in [7, 11) is 0. The standard InChI is InChI=1S/C13H9BrFNO/c1-8-6-9(14)2-3-10(8)13(17)11-4-5-16-7-12(11)15/h2-7H,1H3. The summed E-state index contributed by atoms with van der Waals surface area (Å²) in [5.41, 5.74) is 1.35. The molecule has 1 aromatic carbocycles. The average molecular weight is 294 g/mol. The van der Waals surface area contributed by atoms with Gasteiger partial charge in [-0.2, -0.15) is 0 Å². The van der Waals surface area contributed by atoms with Crippen molar-refractivity contribution in [1.82, 2.24) is 4.98 Å². The first kappa shape index (κ1) is 11.9. The second-order valence-electron chi connectivity index (χ2n) is 3.64. The predicted molar refractivity (Wildman–Crippen MR) is 66.5 cm³/mol. The lowest BCUT2D eigenvalue weighted by atomic mass is 10.00. The first-order valence-electron chi connectivity index (χ1n) is 5.00. The van der Waals surface area contributed by atoms with Crippen LogP contribution in [0.4, 0.5) is 4.39 Å². The molecular weight excluding hydrogens is 285 g/mol. The van der Waals surface area contributed by atoms with Crippen molar-refractivity contribution in [1.29, 1.82) is 0 Å². The number of rotatable bonds is 2. The van der Waals surface area contributed by atoms with E-state index >= 15 is 0 Å². The van der Waals surface area contributed by atoms with E-state index in [1.807, 2.05) is 13.0 Å². The van der Waals surface area contributed by atoms with Crippen LogP contribution in [0.1, 0.15) is 21.5 Å². The number of hydrogen-bond donors (Lipinski definition) is 0. The van der Waals surface area contributed by atoms with E-state index in [1.54, 1.807) is 12.1 Å². The van der Waals surface area contributed by atoms with Gasteiger partial charge in [0.05, 0.1) is 11.8 Å². The summed E-state index contributed by atoms with van der Waals surface area (Å²) in [4.78, 5) is 15.7. The van der Waals surface area contributed by atoms with Crippen molar-refractivity contribution in [3.63, 3.8) is 0 Å². The molecule has 0 amide bonds. The highest BCUT2D eigenvalue weighted by Gasteiger charge is 2.15. The Kier molecular flexibility index (Phi) is 3.33. The molecule has 2 rings (SSSR count). The molecule has 0 fully saturated rings. The number of benzene rings is 1. The van der Waals surface area contributed by atoms with Crippen molar-refractivity contribution in [3.05, 3.63) is 63.6 Å². The van der Waals surface area contributed by atoms with Crippen LogP contribution in [-0.2, 0) is 0 Å². The van der Waals surface area contributed by atoms with Crippen molar-refractivity contribution < 1.29 is 9.18 Å². The minimum Gasteiger partial charge on any atom is -0.288 e. The number of aromatic nitrogens is 1. The molecule has 0 aliphatic heterocycles. The molecule has 1 heterocycles. The number of aryl methyl sites for hydroxylation is 1. The molecule has 0 aliphatic carbocycles. The van der Waals surface area contributed by atoms with E-state index < -0.39 is 5.82 Å². The van der Waals surface area contributed by atoms with Gasteiger partial charge in [0.15, 0.2) is 11.6 Å². The second kappa shape index (κ2) is 4.75. The molecule has 17 heavy (non-hydrogen) atoms. The number of pyridine rings is 1. The molecule has 0 spiro atoms. The van der Waals surface area contributed by atoms with Gasteiger partial charge >= 0.3 is 0 Å². The highest BCUT2D eigenvalue weighted by molar-refractivity contribution is 9.10. The quantitative estimate of drug-likeness (QED) is 0.793. The Bertz CT molecular complexity index is 583. The van der Waals surface area contributed by atoms with Gasteiger partial charge in [0.2, 0.25) is 0 Å². The Labute approximate surface area is 107 Å². The number of hydrogen-bond acceptors (Lipinski definition) is 2. The first-order chi connectivity index (χ1) is 8.09. The zero-order valence-corrected chi connectivity index (χ0v) is 10.7. The topological polar surface area (TPSA) is 30.0 Å². The molecule has 0 saturated heterocycles. The molecule has 0 N–H and O–H groups in total. The van der Waals surface area contributed by atoms with Gasteiger partial charge < -0.3 is 0 Å². The molecule has 0 aliphatic rings. The Hall–Kier alpha value is -1.55. The summed E-state index contributed by atoms with van der Waals surface area (Å²) in [6.07, 6.45) is 2.45. The molecule has 0 radical (unpaired) electrons. The lowest BCUT2D eigenvalue weighted by molar-refractivity contribution is 0.103. The third-order valence-corrected chi connectivity index (χ3v) is 2.94. The van der Waals surface area contributed by atoms with Gasteiger partial charge in [-0.3, -0.25) is 9.78 Å². The molecule has 86 valence electrons. The summed E-state index contributed by atoms with van der Waals surface area (Å²) >= 11 is 3.32. The van der Waals surface area contributed by atoms with E-state index in [1.165, 1.54) is 12.3 Å². The predicted octanol–water partition coefficient (Wildman–Crippen LogP) is 3.52. The van der Waals surface area contributed by atoms with Crippen LogP contribution in [0.15, 0.2) is 41.1 Å². The van der Waals surface area contributed by atoms with Crippen LogP contribution in [0, 0.1) is 12.7 Å². The number of nitrogens with zero attached hydrogens (tertiary/aromatic N) is 1. The SMILES string of the molecule is Cc1cc(Br)ccc1C(=O)c1ccncc1F. The van der Waals surface area contributed by atoms with Gasteiger partial charge in [-0.05, 0) is 36.8 Å². The van der Waals surface area contributed by atoms with E-state index in [9.17, 15) is 9.18 Å². The summed E-state index contributed by atoms with van der Waals surface area (Å²) in [6, 6.07) is 6.66. The van der Waals surface area contributed by atoms with Gasteiger partial charge in [-0.25, -0.2) is 4.39 Å². The van der Waals surface area contributed by atoms with Crippen molar-refractivity contribution >= 4 is 21.7 Å². The molecule has 4 heteroatoms. The second-order valence-corrected chi connectivity index (χ2v) is 4.56. The largest absolute Gasteiger partial charge is 0.288 e. The fourth-order valence-corrected chi connectivity index (χ4v) is 2.06. The van der Waals surface area contributed by atoms with Crippen molar-refractivity contribution in [2.75, 3.05) is 0 Å². The van der Waals surface area contributed by atoms with Crippen LogP contribution in [0.3, 0.4) is 0 Å². The molecule has 0 bridgehead atoms. The third kappa shape index (κ3) is 2.42. The number of halogens is 2. The van der Waals surface area contributed by atoms with E-state index in [0.717, 1.165) is 16.2 Å². The lowest BCUT2D eigenvalue weighted by Gasteiger charge is -2.06. The zero-order valence-electron chi connectivity index (χ0n) is 9.08. The molecule has 0 atom stereocenters. The number of ketones is 1. The van der Waals surface area contributed by atoms with Gasteiger partial charge in [-0.1, -0.05) is 15.9 Å². The Balaban J connectivity index is 2.48. The van der Waals surface area contributed by atoms with Gasteiger partial charge in [-0.15, -0.1) is 0 Å². The minimum atomic E-state index is -0.597. The molecule has 0 saturated carbocycles. The van der Waals surface area contributed by atoms with Crippen molar-refractivity contribution in [3.8, 4) is 0 Å². The fourth-order valence-electron chi connectivity index (χ4n) is 1.59. The van der Waals surface area contributed by atoms with E-state index in [2.05, 4.69) is 20.9 Å². The molecule has 1 aromatic heterocycles. The monoisotopic (exact) mass is 293 g/mol. The fraction of sp³-hybridized carbons (Fsp3) is 0.0769. The minimum absolute atomic E-state index is 0.0467. The highest BCUT2D eigenvalue weighted by atomic mass is 79.9. The maximum absolute atomic E-state index is 13.4. The van der Waals surface area contributed by atoms with Gasteiger partial charge in [0, 0.05) is 16.2 Å². The lowest BCUT2D eigenvalue weighted by Crippen LogP contribution is -2.06. The third-order valence-electron chi connectivity index (χ3n) is 2.45. The summed E-state index contributed by atoms with van der Waals surface area (Å²) in [5, 5.41) is 0. The Morgan fingerprint density at radius 3 is 2.71 bits per heavy atom. The normalized spacial score (nSPS) is 10.3. The van der Waals surface area contributed by atoms with E-state index in [-0.39, 0.29) is 11.3 Å². The zero-order chi connectivity index (χ0) is 12.4. The number of carbonyl (C=O) groups excluding carboxylic acids is 1. The van der Waals surface area contributed by atoms with Gasteiger partial charge in [0.25, 0.3) is 0 Å². The van der Waals surface area contributed by atoms with Gasteiger partial charge in [0.1, 0.15) is 0 Å². The van der Waals surface area contributed by atoms with E-state index in [0.29, 0.717) is 5.56 Å². The Morgan fingerprint density at radius 1 is 1.29 bits per heavy atom. The van der Waals surface area contributed by atoms with E-state index in [4.69, 9.17) is 0 Å². The van der Waals surface area contributed by atoms with Crippen molar-refractivity contribution in [2.24, 2.45) is 0 Å².